The number of carbonyl (C=O) groups is 1. The lowest BCUT2D eigenvalue weighted by Gasteiger charge is -2.22. The highest BCUT2D eigenvalue weighted by Crippen LogP contribution is 2.17. The first-order valence-electron chi connectivity index (χ1n) is 9.35. The molecule has 1 amide bonds. The first-order chi connectivity index (χ1) is 13.3. The Bertz CT molecular complexity index is 822. The van der Waals surface area contributed by atoms with Crippen LogP contribution in [0.2, 0.25) is 0 Å². The quantitative estimate of drug-likeness (QED) is 0.545. The Morgan fingerprint density at radius 1 is 1.14 bits per heavy atom. The molecule has 2 aromatic rings. The SMILES string of the molecule is CC(C)[C@H](NS(=O)(=O)c1cccs1)C(=O)NCCCN(C)Cc1ccccc1. The highest BCUT2D eigenvalue weighted by molar-refractivity contribution is 7.91. The van der Waals surface area contributed by atoms with Crippen molar-refractivity contribution in [1.29, 1.82) is 0 Å². The van der Waals surface area contributed by atoms with E-state index in [1.54, 1.807) is 11.4 Å². The molecule has 1 aromatic carbocycles. The summed E-state index contributed by atoms with van der Waals surface area (Å²) in [7, 11) is -1.64. The van der Waals surface area contributed by atoms with Gasteiger partial charge in [-0.25, -0.2) is 8.42 Å². The van der Waals surface area contributed by atoms with Gasteiger partial charge in [0.2, 0.25) is 5.91 Å². The van der Waals surface area contributed by atoms with Crippen LogP contribution < -0.4 is 10.0 Å². The molecule has 2 N–H and O–H groups in total. The predicted octanol–water partition coefficient (Wildman–Crippen LogP) is 2.69. The first-order valence-corrected chi connectivity index (χ1v) is 11.7. The highest BCUT2D eigenvalue weighted by Gasteiger charge is 2.28. The number of hydrogen-bond donors (Lipinski definition) is 2. The largest absolute Gasteiger partial charge is 0.355 e. The lowest BCUT2D eigenvalue weighted by atomic mass is 10.1. The Morgan fingerprint density at radius 3 is 2.46 bits per heavy atom. The van der Waals surface area contributed by atoms with Crippen molar-refractivity contribution >= 4 is 27.3 Å². The number of sulfonamides is 1. The average molecular weight is 424 g/mol. The van der Waals surface area contributed by atoms with Gasteiger partial charge >= 0.3 is 0 Å². The van der Waals surface area contributed by atoms with Gasteiger partial charge in [0.1, 0.15) is 10.3 Å². The summed E-state index contributed by atoms with van der Waals surface area (Å²) < 4.78 is 27.6. The van der Waals surface area contributed by atoms with E-state index in [0.717, 1.165) is 30.8 Å². The van der Waals surface area contributed by atoms with Crippen LogP contribution in [0, 0.1) is 5.92 Å². The van der Waals surface area contributed by atoms with Crippen molar-refractivity contribution in [2.24, 2.45) is 5.92 Å². The fourth-order valence-electron chi connectivity index (χ4n) is 2.78. The molecule has 1 heterocycles. The van der Waals surface area contributed by atoms with E-state index in [-0.39, 0.29) is 16.0 Å². The van der Waals surface area contributed by atoms with Crippen molar-refractivity contribution in [3.05, 3.63) is 53.4 Å². The predicted molar refractivity (Wildman–Crippen MR) is 114 cm³/mol. The van der Waals surface area contributed by atoms with E-state index in [1.807, 2.05) is 39.1 Å². The molecule has 0 aliphatic rings. The van der Waals surface area contributed by atoms with Gasteiger partial charge in [0.05, 0.1) is 0 Å². The van der Waals surface area contributed by atoms with Gasteiger partial charge in [-0.15, -0.1) is 11.3 Å². The molecule has 0 saturated heterocycles. The van der Waals surface area contributed by atoms with Gasteiger partial charge in [-0.05, 0) is 42.9 Å². The Morgan fingerprint density at radius 2 is 1.86 bits per heavy atom. The average Bonchev–Trinajstić information content (AvgIpc) is 3.19. The number of nitrogens with zero attached hydrogens (tertiary/aromatic N) is 1. The maximum Gasteiger partial charge on any atom is 0.250 e. The minimum atomic E-state index is -3.69. The molecule has 2 rings (SSSR count). The molecule has 0 unspecified atom stereocenters. The number of amides is 1. The number of nitrogens with one attached hydrogen (secondary N) is 2. The van der Waals surface area contributed by atoms with E-state index in [0.29, 0.717) is 6.54 Å². The fourth-order valence-corrected chi connectivity index (χ4v) is 5.13. The second-order valence-electron chi connectivity index (χ2n) is 7.14. The van der Waals surface area contributed by atoms with Crippen LogP contribution in [0.1, 0.15) is 25.8 Å². The molecule has 154 valence electrons. The van der Waals surface area contributed by atoms with E-state index in [4.69, 9.17) is 0 Å². The molecule has 28 heavy (non-hydrogen) atoms. The van der Waals surface area contributed by atoms with Crippen molar-refractivity contribution in [3.8, 4) is 0 Å². The monoisotopic (exact) mass is 423 g/mol. The second kappa shape index (κ2) is 10.7. The van der Waals surface area contributed by atoms with Crippen LogP contribution in [-0.2, 0) is 21.4 Å². The number of benzene rings is 1. The zero-order valence-corrected chi connectivity index (χ0v) is 18.2. The van der Waals surface area contributed by atoms with Crippen LogP contribution in [0.15, 0.2) is 52.1 Å². The van der Waals surface area contributed by atoms with Crippen molar-refractivity contribution in [2.45, 2.75) is 37.1 Å². The third kappa shape index (κ3) is 7.01. The molecule has 0 saturated carbocycles. The summed E-state index contributed by atoms with van der Waals surface area (Å²) >= 11 is 1.13. The van der Waals surface area contributed by atoms with Crippen LogP contribution >= 0.6 is 11.3 Å². The summed E-state index contributed by atoms with van der Waals surface area (Å²) in [5, 5.41) is 4.56. The van der Waals surface area contributed by atoms with Gasteiger partial charge in [0.25, 0.3) is 10.0 Å². The second-order valence-corrected chi connectivity index (χ2v) is 10.0. The summed E-state index contributed by atoms with van der Waals surface area (Å²) in [6, 6.07) is 12.6. The number of carbonyl (C=O) groups excluding carboxylic acids is 1. The molecule has 0 spiro atoms. The van der Waals surface area contributed by atoms with Gasteiger partial charge in [0.15, 0.2) is 0 Å². The molecule has 0 radical (unpaired) electrons. The van der Waals surface area contributed by atoms with Crippen molar-refractivity contribution in [2.75, 3.05) is 20.1 Å². The standard InChI is InChI=1S/C20H29N3O3S2/c1-16(2)19(22-28(25,26)18-11-7-14-27-18)20(24)21-12-8-13-23(3)15-17-9-5-4-6-10-17/h4-7,9-11,14,16,19,22H,8,12-13,15H2,1-3H3,(H,21,24)/t19-/m0/s1. The van der Waals surface area contributed by atoms with E-state index in [2.05, 4.69) is 27.1 Å². The van der Waals surface area contributed by atoms with Crippen molar-refractivity contribution in [3.63, 3.8) is 0 Å². The number of thiophene rings is 1. The third-order valence-electron chi connectivity index (χ3n) is 4.30. The molecule has 6 nitrogen and oxygen atoms in total. The highest BCUT2D eigenvalue weighted by atomic mass is 32.2. The van der Waals surface area contributed by atoms with E-state index < -0.39 is 16.1 Å². The Labute approximate surface area is 172 Å². The smallest absolute Gasteiger partial charge is 0.250 e. The van der Waals surface area contributed by atoms with Crippen LogP contribution in [0.4, 0.5) is 0 Å². The van der Waals surface area contributed by atoms with Crippen molar-refractivity contribution in [1.82, 2.24) is 14.9 Å². The lowest BCUT2D eigenvalue weighted by Crippen LogP contribution is -2.49. The van der Waals surface area contributed by atoms with E-state index in [9.17, 15) is 13.2 Å². The van der Waals surface area contributed by atoms with Crippen molar-refractivity contribution < 1.29 is 13.2 Å². The topological polar surface area (TPSA) is 78.5 Å². The van der Waals surface area contributed by atoms with E-state index in [1.165, 1.54) is 11.6 Å². The molecule has 0 aliphatic carbocycles. The van der Waals surface area contributed by atoms with Gasteiger partial charge in [-0.3, -0.25) is 4.79 Å². The van der Waals surface area contributed by atoms with Gasteiger partial charge in [-0.2, -0.15) is 4.72 Å². The lowest BCUT2D eigenvalue weighted by molar-refractivity contribution is -0.123. The zero-order valence-electron chi connectivity index (χ0n) is 16.6. The number of hydrogen-bond acceptors (Lipinski definition) is 5. The molecule has 8 heteroatoms. The van der Waals surface area contributed by atoms with Gasteiger partial charge in [0, 0.05) is 13.1 Å². The summed E-state index contributed by atoms with van der Waals surface area (Å²) in [5.74, 6) is -0.448. The third-order valence-corrected chi connectivity index (χ3v) is 7.14. The molecule has 0 bridgehead atoms. The zero-order chi connectivity index (χ0) is 20.6. The normalized spacial score (nSPS) is 13.0. The van der Waals surface area contributed by atoms with Gasteiger partial charge < -0.3 is 10.2 Å². The molecule has 1 aromatic heterocycles. The molecular formula is C20H29N3O3S2. The van der Waals surface area contributed by atoms with E-state index >= 15 is 0 Å². The molecule has 0 fully saturated rings. The number of rotatable bonds is 11. The summed E-state index contributed by atoms with van der Waals surface area (Å²) in [4.78, 5) is 14.7. The van der Waals surface area contributed by atoms with Crippen LogP contribution in [-0.4, -0.2) is 45.4 Å². The molecule has 1 atom stereocenters. The van der Waals surface area contributed by atoms with Crippen LogP contribution in [0.25, 0.3) is 0 Å². The Hall–Kier alpha value is -1.74. The summed E-state index contributed by atoms with van der Waals surface area (Å²) in [6.45, 7) is 5.85. The minimum absolute atomic E-state index is 0.157. The fraction of sp³-hybridized carbons (Fsp3) is 0.450. The van der Waals surface area contributed by atoms with Crippen LogP contribution in [0.3, 0.4) is 0 Å². The Kier molecular flexibility index (Phi) is 8.62. The minimum Gasteiger partial charge on any atom is -0.355 e. The van der Waals surface area contributed by atoms with Gasteiger partial charge in [-0.1, -0.05) is 50.2 Å². The summed E-state index contributed by atoms with van der Waals surface area (Å²) in [6.07, 6.45) is 0.789. The first kappa shape index (κ1) is 22.5. The molecule has 0 aliphatic heterocycles. The van der Waals surface area contributed by atoms with Crippen LogP contribution in [0.5, 0.6) is 0 Å². The summed E-state index contributed by atoms with van der Waals surface area (Å²) in [5.41, 5.74) is 1.25. The maximum absolute atomic E-state index is 12.5. The Balaban J connectivity index is 1.79. The molecular weight excluding hydrogens is 394 g/mol. The maximum atomic E-state index is 12.5.